The van der Waals surface area contributed by atoms with E-state index in [2.05, 4.69) is 0 Å². The maximum absolute atomic E-state index is 13.3. The van der Waals surface area contributed by atoms with Crippen molar-refractivity contribution in [2.45, 2.75) is 18.4 Å². The molecule has 2 heterocycles. The summed E-state index contributed by atoms with van der Waals surface area (Å²) >= 11 is 0. The maximum Gasteiger partial charge on any atom is 0.418 e. The van der Waals surface area contributed by atoms with Crippen molar-refractivity contribution in [1.82, 2.24) is 0 Å². The molecule has 3 N–H and O–H groups in total. The van der Waals surface area contributed by atoms with Gasteiger partial charge < -0.3 is 20.5 Å². The third-order valence-corrected chi connectivity index (χ3v) is 3.94. The molecule has 1 atom stereocenters. The second kappa shape index (κ2) is 5.57. The standard InChI is InChI=1S/C14H16F3N3O3/c15-14(16,17)11-3-8(20-7-10(4-18)23-13(20)22)1-2-12(11)19-5-9(21)6-19/h1-3,9-10,21H,4-7,18H2/t10-/m1/s1. The van der Waals surface area contributed by atoms with Crippen LogP contribution < -0.4 is 15.5 Å². The zero-order chi connectivity index (χ0) is 16.8. The highest BCUT2D eigenvalue weighted by Gasteiger charge is 2.39. The Bertz CT molecular complexity index is 617. The molecule has 0 saturated carbocycles. The van der Waals surface area contributed by atoms with Gasteiger partial charge >= 0.3 is 12.3 Å². The Hall–Kier alpha value is -2.00. The summed E-state index contributed by atoms with van der Waals surface area (Å²) < 4.78 is 45.0. The van der Waals surface area contributed by atoms with Gasteiger partial charge in [-0.1, -0.05) is 0 Å². The molecule has 2 aliphatic rings. The fourth-order valence-electron chi connectivity index (χ4n) is 2.70. The van der Waals surface area contributed by atoms with E-state index in [-0.39, 0.29) is 37.6 Å². The van der Waals surface area contributed by atoms with Gasteiger partial charge in [0.25, 0.3) is 0 Å². The Morgan fingerprint density at radius 3 is 2.52 bits per heavy atom. The van der Waals surface area contributed by atoms with Gasteiger partial charge in [0.1, 0.15) is 6.10 Å². The highest BCUT2D eigenvalue weighted by Crippen LogP contribution is 2.40. The first kappa shape index (κ1) is 15.9. The number of benzene rings is 1. The molecule has 0 aromatic heterocycles. The first-order valence-corrected chi connectivity index (χ1v) is 7.12. The van der Waals surface area contributed by atoms with Gasteiger partial charge in [-0.2, -0.15) is 13.2 Å². The summed E-state index contributed by atoms with van der Waals surface area (Å²) in [4.78, 5) is 14.3. The average molecular weight is 331 g/mol. The van der Waals surface area contributed by atoms with Crippen molar-refractivity contribution in [3.8, 4) is 0 Å². The lowest BCUT2D eigenvalue weighted by molar-refractivity contribution is -0.137. The van der Waals surface area contributed by atoms with E-state index in [0.29, 0.717) is 0 Å². The highest BCUT2D eigenvalue weighted by molar-refractivity contribution is 5.90. The van der Waals surface area contributed by atoms with Crippen LogP contribution in [0.5, 0.6) is 0 Å². The largest absolute Gasteiger partial charge is 0.443 e. The van der Waals surface area contributed by atoms with Crippen LogP contribution >= 0.6 is 0 Å². The number of rotatable bonds is 3. The van der Waals surface area contributed by atoms with Crippen LogP contribution in [-0.2, 0) is 10.9 Å². The number of carbonyl (C=O) groups is 1. The van der Waals surface area contributed by atoms with Gasteiger partial charge in [-0.3, -0.25) is 4.90 Å². The number of aliphatic hydroxyl groups is 1. The van der Waals surface area contributed by atoms with E-state index in [1.54, 1.807) is 0 Å². The van der Waals surface area contributed by atoms with Crippen LogP contribution in [0.4, 0.5) is 29.3 Å². The molecule has 1 aromatic carbocycles. The maximum atomic E-state index is 13.3. The van der Waals surface area contributed by atoms with Gasteiger partial charge in [0.2, 0.25) is 0 Å². The molecule has 0 bridgehead atoms. The zero-order valence-corrected chi connectivity index (χ0v) is 12.1. The quantitative estimate of drug-likeness (QED) is 0.869. The number of anilines is 2. The summed E-state index contributed by atoms with van der Waals surface area (Å²) in [5, 5.41) is 9.29. The summed E-state index contributed by atoms with van der Waals surface area (Å²) in [6, 6.07) is 3.68. The molecular formula is C14H16F3N3O3. The predicted molar refractivity (Wildman–Crippen MR) is 76.3 cm³/mol. The van der Waals surface area contributed by atoms with Crippen LogP contribution in [0.3, 0.4) is 0 Å². The Balaban J connectivity index is 1.93. The Labute approximate surface area is 130 Å². The van der Waals surface area contributed by atoms with Gasteiger partial charge in [-0.05, 0) is 18.2 Å². The smallest absolute Gasteiger partial charge is 0.418 e. The summed E-state index contributed by atoms with van der Waals surface area (Å²) in [6.45, 7) is 0.541. The number of hydrogen-bond acceptors (Lipinski definition) is 5. The lowest BCUT2D eigenvalue weighted by atomic mass is 10.0. The van der Waals surface area contributed by atoms with E-state index in [4.69, 9.17) is 10.5 Å². The molecule has 6 nitrogen and oxygen atoms in total. The summed E-state index contributed by atoms with van der Waals surface area (Å²) in [5.41, 5.74) is 4.69. The minimum absolute atomic E-state index is 0.00510. The topological polar surface area (TPSA) is 79.0 Å². The Morgan fingerprint density at radius 2 is 2.00 bits per heavy atom. The second-order valence-corrected chi connectivity index (χ2v) is 5.61. The van der Waals surface area contributed by atoms with Gasteiger partial charge in [-0.15, -0.1) is 0 Å². The molecule has 0 spiro atoms. The fourth-order valence-corrected chi connectivity index (χ4v) is 2.70. The molecule has 0 unspecified atom stereocenters. The number of hydrogen-bond donors (Lipinski definition) is 2. The van der Waals surface area contributed by atoms with Crippen molar-refractivity contribution < 1.29 is 27.8 Å². The van der Waals surface area contributed by atoms with E-state index in [1.165, 1.54) is 17.0 Å². The number of aliphatic hydroxyl groups excluding tert-OH is 1. The minimum atomic E-state index is -4.57. The number of nitrogens with two attached hydrogens (primary N) is 1. The molecule has 2 saturated heterocycles. The molecule has 0 aliphatic carbocycles. The molecule has 9 heteroatoms. The van der Waals surface area contributed by atoms with E-state index < -0.39 is 30.0 Å². The van der Waals surface area contributed by atoms with Crippen molar-refractivity contribution in [2.75, 3.05) is 36.0 Å². The van der Waals surface area contributed by atoms with E-state index in [9.17, 15) is 23.1 Å². The van der Waals surface area contributed by atoms with Crippen molar-refractivity contribution in [2.24, 2.45) is 5.73 Å². The molecule has 2 fully saturated rings. The number of halogens is 3. The third-order valence-electron chi connectivity index (χ3n) is 3.94. The lowest BCUT2D eigenvalue weighted by Crippen LogP contribution is -2.51. The number of ether oxygens (including phenoxy) is 1. The average Bonchev–Trinajstić information content (AvgIpc) is 2.84. The van der Waals surface area contributed by atoms with E-state index in [0.717, 1.165) is 11.0 Å². The minimum Gasteiger partial charge on any atom is -0.443 e. The van der Waals surface area contributed by atoms with Crippen LogP contribution in [0.1, 0.15) is 5.56 Å². The van der Waals surface area contributed by atoms with Gasteiger partial charge in [0, 0.05) is 31.0 Å². The van der Waals surface area contributed by atoms with Crippen molar-refractivity contribution >= 4 is 17.5 Å². The summed E-state index contributed by atoms with van der Waals surface area (Å²) in [5.74, 6) is 0. The first-order valence-electron chi connectivity index (χ1n) is 7.12. The molecule has 3 rings (SSSR count). The molecule has 0 radical (unpaired) electrons. The molecular weight excluding hydrogens is 315 g/mol. The van der Waals surface area contributed by atoms with Crippen LogP contribution in [0.15, 0.2) is 18.2 Å². The summed E-state index contributed by atoms with van der Waals surface area (Å²) in [7, 11) is 0. The number of β-amino-alcohol motifs (C(OH)–C–C–N with tert-alkyl or cyclic N) is 1. The number of alkyl halides is 3. The summed E-state index contributed by atoms with van der Waals surface area (Å²) in [6.07, 6.45) is -6.42. The van der Waals surface area contributed by atoms with Crippen LogP contribution in [0.25, 0.3) is 0 Å². The predicted octanol–water partition coefficient (Wildman–Crippen LogP) is 1.17. The number of cyclic esters (lactones) is 1. The fraction of sp³-hybridized carbons (Fsp3) is 0.500. The lowest BCUT2D eigenvalue weighted by Gasteiger charge is -2.39. The van der Waals surface area contributed by atoms with E-state index >= 15 is 0 Å². The van der Waals surface area contributed by atoms with Gasteiger partial charge in [0.05, 0.1) is 18.2 Å². The Morgan fingerprint density at radius 1 is 1.30 bits per heavy atom. The Kier molecular flexibility index (Phi) is 3.85. The highest BCUT2D eigenvalue weighted by atomic mass is 19.4. The monoisotopic (exact) mass is 331 g/mol. The third kappa shape index (κ3) is 2.93. The normalized spacial score (nSPS) is 22.3. The van der Waals surface area contributed by atoms with Crippen molar-refractivity contribution in [1.29, 1.82) is 0 Å². The molecule has 23 heavy (non-hydrogen) atoms. The molecule has 126 valence electrons. The SMILES string of the molecule is NC[C@@H]1CN(c2ccc(N3CC(O)C3)c(C(F)(F)F)c2)C(=O)O1. The van der Waals surface area contributed by atoms with Gasteiger partial charge in [0.15, 0.2) is 0 Å². The van der Waals surface area contributed by atoms with Crippen molar-refractivity contribution in [3.63, 3.8) is 0 Å². The van der Waals surface area contributed by atoms with Crippen LogP contribution in [0.2, 0.25) is 0 Å². The number of amides is 1. The molecule has 1 amide bonds. The molecule has 1 aromatic rings. The van der Waals surface area contributed by atoms with Crippen molar-refractivity contribution in [3.05, 3.63) is 23.8 Å². The molecule has 2 aliphatic heterocycles. The first-order chi connectivity index (χ1) is 10.8. The van der Waals surface area contributed by atoms with Crippen LogP contribution in [0, 0.1) is 0 Å². The van der Waals surface area contributed by atoms with Crippen LogP contribution in [-0.4, -0.2) is 49.6 Å². The van der Waals surface area contributed by atoms with Gasteiger partial charge in [-0.25, -0.2) is 4.79 Å². The second-order valence-electron chi connectivity index (χ2n) is 5.61. The van der Waals surface area contributed by atoms with E-state index in [1.807, 2.05) is 0 Å². The number of nitrogens with zero attached hydrogens (tertiary/aromatic N) is 2. The number of carbonyl (C=O) groups excluding carboxylic acids is 1. The zero-order valence-electron chi connectivity index (χ0n) is 12.1.